The molecular weight excluding hydrogens is 672 g/mol. The van der Waals surface area contributed by atoms with Gasteiger partial charge in [-0.05, 0) is 86.8 Å². The molecule has 4 aromatic rings. The normalized spacial score (nSPS) is 18.2. The van der Waals surface area contributed by atoms with E-state index < -0.39 is 15.9 Å². The average Bonchev–Trinajstić information content (AvgIpc) is 3.13. The summed E-state index contributed by atoms with van der Waals surface area (Å²) in [5.41, 5.74) is 4.06. The zero-order valence-electron chi connectivity index (χ0n) is 29.9. The van der Waals surface area contributed by atoms with Crippen LogP contribution in [0.25, 0.3) is 0 Å². The Bertz CT molecular complexity index is 2070. The van der Waals surface area contributed by atoms with Crippen LogP contribution in [0, 0.1) is 20.2 Å². The van der Waals surface area contributed by atoms with Gasteiger partial charge >= 0.3 is 5.69 Å². The third-order valence-corrected chi connectivity index (χ3v) is 10.5. The summed E-state index contributed by atoms with van der Waals surface area (Å²) in [5.74, 6) is 2.07. The fourth-order valence-electron chi connectivity index (χ4n) is 7.80. The lowest BCUT2D eigenvalue weighted by atomic mass is 9.85. The fourth-order valence-corrected chi connectivity index (χ4v) is 7.80. The minimum absolute atomic E-state index is 0.000993. The average molecular weight is 713 g/mol. The second-order valence-electron chi connectivity index (χ2n) is 13.2. The van der Waals surface area contributed by atoms with Gasteiger partial charge in [-0.3, -0.25) is 30.0 Å². The molecule has 4 aliphatic rings. The van der Waals surface area contributed by atoms with Crippen LogP contribution in [0.5, 0.6) is 46.0 Å². The first-order valence-electron chi connectivity index (χ1n) is 16.9. The molecule has 4 aliphatic heterocycles. The van der Waals surface area contributed by atoms with Crippen molar-refractivity contribution in [1.82, 2.24) is 9.80 Å². The first kappa shape index (κ1) is 34.8. The molecule has 4 heterocycles. The Hall–Kier alpha value is -5.60. The second kappa shape index (κ2) is 13.8. The first-order valence-corrected chi connectivity index (χ1v) is 16.9. The lowest BCUT2D eigenvalue weighted by Gasteiger charge is -2.37. The molecule has 0 spiro atoms. The van der Waals surface area contributed by atoms with Crippen LogP contribution in [-0.4, -0.2) is 75.3 Å². The summed E-state index contributed by atoms with van der Waals surface area (Å²) in [6.45, 7) is 1.27. The van der Waals surface area contributed by atoms with E-state index in [2.05, 4.69) is 11.9 Å². The molecule has 272 valence electrons. The van der Waals surface area contributed by atoms with Crippen molar-refractivity contribution < 1.29 is 38.3 Å². The number of hydrogen-bond donors (Lipinski definition) is 0. The molecule has 6 bridgehead atoms. The van der Waals surface area contributed by atoms with Crippen LogP contribution in [0.4, 0.5) is 11.4 Å². The number of nitrogens with zero attached hydrogens (tertiary/aromatic N) is 4. The predicted octanol–water partition coefficient (Wildman–Crippen LogP) is 6.98. The van der Waals surface area contributed by atoms with Crippen molar-refractivity contribution in [3.63, 3.8) is 0 Å². The summed E-state index contributed by atoms with van der Waals surface area (Å²) >= 11 is 0. The van der Waals surface area contributed by atoms with E-state index in [-0.39, 0.29) is 53.3 Å². The quantitative estimate of drug-likeness (QED) is 0.150. The van der Waals surface area contributed by atoms with Crippen LogP contribution in [0.2, 0.25) is 0 Å². The number of hydrogen-bond acceptors (Lipinski definition) is 12. The molecule has 0 amide bonds. The molecule has 2 atom stereocenters. The standard InChI is InChI=1S/C38H40N4O10/c1-39-13-11-22-17-30(47-3)33-19-26(22)28(39)15-21-7-9-24(10-8-21)51-32-18-23(27(41(43)44)20-31(32)48-4)16-29-34-25(12-14-40(29)2)35(42(45)46)37(49-5)38(50-6)36(34)52-33/h7-10,17-20,28-29H,11-16H2,1-6H3/t28-,29-/m0/s1. The maximum absolute atomic E-state index is 12.8. The van der Waals surface area contributed by atoms with Crippen LogP contribution in [0.3, 0.4) is 0 Å². The van der Waals surface area contributed by atoms with Gasteiger partial charge in [0.15, 0.2) is 28.7 Å². The number of fused-ring (bicyclic) bond motifs is 2. The maximum Gasteiger partial charge on any atom is 0.318 e. The highest BCUT2D eigenvalue weighted by Crippen LogP contribution is 2.56. The van der Waals surface area contributed by atoms with Crippen molar-refractivity contribution in [3.8, 4) is 46.0 Å². The van der Waals surface area contributed by atoms with Crippen molar-refractivity contribution in [2.24, 2.45) is 0 Å². The van der Waals surface area contributed by atoms with Gasteiger partial charge in [-0.2, -0.15) is 0 Å². The van der Waals surface area contributed by atoms with Crippen LogP contribution in [0.1, 0.15) is 45.5 Å². The Morgan fingerprint density at radius 3 is 2.02 bits per heavy atom. The fraction of sp³-hybridized carbons (Fsp3) is 0.368. The summed E-state index contributed by atoms with van der Waals surface area (Å²) in [6, 6.07) is 14.1. The summed E-state index contributed by atoms with van der Waals surface area (Å²) in [5, 5.41) is 25.3. The second-order valence-corrected chi connectivity index (χ2v) is 13.2. The molecule has 0 saturated carbocycles. The van der Waals surface area contributed by atoms with E-state index in [0.717, 1.165) is 29.7 Å². The summed E-state index contributed by atoms with van der Waals surface area (Å²) in [6.07, 6.45) is 1.85. The monoisotopic (exact) mass is 712 g/mol. The van der Waals surface area contributed by atoms with E-state index in [9.17, 15) is 20.2 Å². The Balaban J connectivity index is 1.55. The van der Waals surface area contributed by atoms with E-state index in [0.29, 0.717) is 52.7 Å². The van der Waals surface area contributed by atoms with Crippen LogP contribution < -0.4 is 28.4 Å². The number of nitro groups is 2. The smallest absolute Gasteiger partial charge is 0.318 e. The highest BCUT2D eigenvalue weighted by atomic mass is 16.6. The third kappa shape index (κ3) is 5.97. The Labute approximate surface area is 300 Å². The van der Waals surface area contributed by atoms with E-state index in [1.807, 2.05) is 48.3 Å². The number of rotatable bonds is 6. The van der Waals surface area contributed by atoms with Gasteiger partial charge in [-0.25, -0.2) is 0 Å². The molecule has 4 aromatic carbocycles. The van der Waals surface area contributed by atoms with Gasteiger partial charge in [0.25, 0.3) is 5.69 Å². The molecular formula is C38H40N4O10. The number of likely N-dealkylation sites (N-methyl/N-ethyl adjacent to an activating group) is 2. The van der Waals surface area contributed by atoms with E-state index in [1.165, 1.54) is 27.4 Å². The molecule has 0 N–H and O–H groups in total. The minimum atomic E-state index is -0.641. The van der Waals surface area contributed by atoms with Gasteiger partial charge in [0.05, 0.1) is 44.4 Å². The number of benzene rings is 4. The predicted molar refractivity (Wildman–Crippen MR) is 191 cm³/mol. The van der Waals surface area contributed by atoms with E-state index in [1.54, 1.807) is 13.2 Å². The molecule has 0 fully saturated rings. The van der Waals surface area contributed by atoms with Crippen molar-refractivity contribution >= 4 is 11.4 Å². The Morgan fingerprint density at radius 2 is 1.37 bits per heavy atom. The van der Waals surface area contributed by atoms with Gasteiger partial charge in [0.1, 0.15) is 5.75 Å². The van der Waals surface area contributed by atoms with Gasteiger partial charge in [0.2, 0.25) is 11.5 Å². The number of ether oxygens (including phenoxy) is 6. The van der Waals surface area contributed by atoms with Gasteiger partial charge in [0, 0.05) is 41.9 Å². The van der Waals surface area contributed by atoms with Crippen LogP contribution in [-0.2, 0) is 25.7 Å². The highest BCUT2D eigenvalue weighted by molar-refractivity contribution is 5.73. The molecule has 14 nitrogen and oxygen atoms in total. The van der Waals surface area contributed by atoms with Crippen molar-refractivity contribution in [3.05, 3.63) is 102 Å². The number of nitro benzene ring substituents is 2. The largest absolute Gasteiger partial charge is 0.493 e. The Kier molecular flexibility index (Phi) is 9.27. The van der Waals surface area contributed by atoms with Crippen LogP contribution in [0.15, 0.2) is 48.5 Å². The lowest BCUT2D eigenvalue weighted by molar-refractivity contribution is -0.386. The topological polar surface area (TPSA) is 148 Å². The molecule has 0 unspecified atom stereocenters. The minimum Gasteiger partial charge on any atom is -0.493 e. The molecule has 14 heteroatoms. The zero-order chi connectivity index (χ0) is 36.8. The highest BCUT2D eigenvalue weighted by Gasteiger charge is 2.42. The van der Waals surface area contributed by atoms with E-state index in [4.69, 9.17) is 28.4 Å². The van der Waals surface area contributed by atoms with E-state index >= 15 is 0 Å². The molecule has 0 radical (unpaired) electrons. The SMILES string of the molecule is COc1cc([N+](=O)[O-])c2cc1Oc1ccc(cc1)C[C@H]1c3cc(c(OC)cc3CCN1C)Oc1c(OC)c(OC)c([N+](=O)[O-])c3c1[C@H](C2)N(C)CC3. The molecule has 52 heavy (non-hydrogen) atoms. The third-order valence-electron chi connectivity index (χ3n) is 10.5. The molecule has 0 aromatic heterocycles. The maximum atomic E-state index is 12.8. The van der Waals surface area contributed by atoms with Gasteiger partial charge in [-0.15, -0.1) is 0 Å². The summed E-state index contributed by atoms with van der Waals surface area (Å²) in [7, 11) is 9.73. The number of methoxy groups -OCH3 is 4. The Morgan fingerprint density at radius 1 is 0.712 bits per heavy atom. The molecule has 8 rings (SSSR count). The van der Waals surface area contributed by atoms with Crippen molar-refractivity contribution in [1.29, 1.82) is 0 Å². The van der Waals surface area contributed by atoms with Crippen molar-refractivity contribution in [2.75, 3.05) is 55.6 Å². The molecule has 0 aliphatic carbocycles. The van der Waals surface area contributed by atoms with Crippen LogP contribution >= 0.6 is 0 Å². The van der Waals surface area contributed by atoms with Gasteiger partial charge in [-0.1, -0.05) is 12.1 Å². The summed E-state index contributed by atoms with van der Waals surface area (Å²) < 4.78 is 36.2. The zero-order valence-corrected chi connectivity index (χ0v) is 29.9. The summed E-state index contributed by atoms with van der Waals surface area (Å²) in [4.78, 5) is 28.7. The molecule has 0 saturated heterocycles. The lowest BCUT2D eigenvalue weighted by Crippen LogP contribution is -2.34. The van der Waals surface area contributed by atoms with Gasteiger partial charge < -0.3 is 28.4 Å². The van der Waals surface area contributed by atoms with Crippen molar-refractivity contribution in [2.45, 2.75) is 37.8 Å². The first-order chi connectivity index (χ1) is 25.1.